The summed E-state index contributed by atoms with van der Waals surface area (Å²) in [6.07, 6.45) is 0. The number of hydrogen-bond acceptors (Lipinski definition) is 4. The van der Waals surface area contributed by atoms with Crippen LogP contribution in [0.3, 0.4) is 0 Å². The minimum atomic E-state index is 0.384. The summed E-state index contributed by atoms with van der Waals surface area (Å²) in [4.78, 5) is 5.18. The SMILES string of the molecule is COc1cccc(N([O-])Oc2ccc(C)cc2)c1. The average molecular weight is 244 g/mol. The van der Waals surface area contributed by atoms with E-state index in [-0.39, 0.29) is 0 Å². The molecule has 0 aliphatic rings. The van der Waals surface area contributed by atoms with Crippen molar-refractivity contribution in [3.8, 4) is 11.5 Å². The Bertz CT molecular complexity index is 511. The predicted octanol–water partition coefficient (Wildman–Crippen LogP) is 3.30. The Morgan fingerprint density at radius 2 is 1.72 bits per heavy atom. The Balaban J connectivity index is 2.11. The van der Waals surface area contributed by atoms with Crippen LogP contribution in [-0.2, 0) is 0 Å². The van der Waals surface area contributed by atoms with E-state index in [9.17, 15) is 5.21 Å². The number of methoxy groups -OCH3 is 1. The molecule has 0 aliphatic heterocycles. The third-order valence-electron chi connectivity index (χ3n) is 2.47. The van der Waals surface area contributed by atoms with Crippen LogP contribution in [-0.4, -0.2) is 7.11 Å². The van der Waals surface area contributed by atoms with Gasteiger partial charge < -0.3 is 14.8 Å². The Kier molecular flexibility index (Phi) is 3.69. The lowest BCUT2D eigenvalue weighted by atomic mass is 10.2. The number of benzene rings is 2. The number of aryl methyl sites for hydroxylation is 1. The van der Waals surface area contributed by atoms with Crippen LogP contribution in [0.25, 0.3) is 0 Å². The molecule has 0 aromatic heterocycles. The van der Waals surface area contributed by atoms with E-state index in [0.29, 0.717) is 22.4 Å². The predicted molar refractivity (Wildman–Crippen MR) is 70.6 cm³/mol. The fourth-order valence-corrected chi connectivity index (χ4v) is 1.47. The lowest BCUT2D eigenvalue weighted by Crippen LogP contribution is -2.19. The van der Waals surface area contributed by atoms with Crippen LogP contribution in [0.2, 0.25) is 0 Å². The quantitative estimate of drug-likeness (QED) is 0.774. The fourth-order valence-electron chi connectivity index (χ4n) is 1.47. The van der Waals surface area contributed by atoms with E-state index in [0.717, 1.165) is 5.56 Å². The van der Waals surface area contributed by atoms with Gasteiger partial charge in [0.05, 0.1) is 12.8 Å². The van der Waals surface area contributed by atoms with Crippen LogP contribution in [0.15, 0.2) is 48.5 Å². The summed E-state index contributed by atoms with van der Waals surface area (Å²) < 4.78 is 5.05. The average Bonchev–Trinajstić information content (AvgIpc) is 2.41. The minimum Gasteiger partial charge on any atom is -0.724 e. The molecule has 0 bridgehead atoms. The summed E-state index contributed by atoms with van der Waals surface area (Å²) in [6, 6.07) is 14.0. The van der Waals surface area contributed by atoms with Gasteiger partial charge in [-0.1, -0.05) is 23.8 Å². The maximum absolute atomic E-state index is 11.8. The fraction of sp³-hybridized carbons (Fsp3) is 0.143. The minimum absolute atomic E-state index is 0.384. The maximum Gasteiger partial charge on any atom is 0.154 e. The molecule has 0 spiro atoms. The number of anilines is 1. The number of rotatable bonds is 4. The molecule has 94 valence electrons. The summed E-state index contributed by atoms with van der Waals surface area (Å²) in [5.74, 6) is 1.11. The molecule has 0 aliphatic carbocycles. The Morgan fingerprint density at radius 3 is 2.39 bits per heavy atom. The molecule has 0 atom stereocenters. The van der Waals surface area contributed by atoms with E-state index in [1.54, 1.807) is 43.5 Å². The Morgan fingerprint density at radius 1 is 1.00 bits per heavy atom. The topological polar surface area (TPSA) is 44.8 Å². The van der Waals surface area contributed by atoms with E-state index in [1.165, 1.54) is 0 Å². The zero-order valence-electron chi connectivity index (χ0n) is 10.3. The molecule has 4 heteroatoms. The molecule has 0 heterocycles. The second kappa shape index (κ2) is 5.42. The molecule has 4 nitrogen and oxygen atoms in total. The van der Waals surface area contributed by atoms with Crippen molar-refractivity contribution < 1.29 is 9.57 Å². The molecule has 0 fully saturated rings. The van der Waals surface area contributed by atoms with Crippen LogP contribution in [0.5, 0.6) is 11.5 Å². The van der Waals surface area contributed by atoms with Gasteiger partial charge >= 0.3 is 0 Å². The second-order valence-corrected chi connectivity index (χ2v) is 3.86. The Labute approximate surface area is 106 Å². The van der Waals surface area contributed by atoms with Crippen LogP contribution in [0.4, 0.5) is 5.69 Å². The van der Waals surface area contributed by atoms with Crippen molar-refractivity contribution in [2.24, 2.45) is 0 Å². The van der Waals surface area contributed by atoms with Crippen molar-refractivity contribution in [3.05, 3.63) is 59.3 Å². The van der Waals surface area contributed by atoms with Gasteiger partial charge in [0, 0.05) is 6.07 Å². The maximum atomic E-state index is 11.8. The van der Waals surface area contributed by atoms with Crippen molar-refractivity contribution >= 4 is 5.69 Å². The highest BCUT2D eigenvalue weighted by Crippen LogP contribution is 2.22. The standard InChI is InChI=1S/C14H14NO3/c1-11-6-8-13(9-7-11)18-15(16)12-4-3-5-14(10-12)17-2/h3-10H,1-2H3/q-1. The third-order valence-corrected chi connectivity index (χ3v) is 2.47. The van der Waals surface area contributed by atoms with E-state index in [2.05, 4.69) is 0 Å². The number of nitrogens with zero attached hydrogens (tertiary/aromatic N) is 1. The number of hydrogen-bond donors (Lipinski definition) is 0. The molecular weight excluding hydrogens is 230 g/mol. The lowest BCUT2D eigenvalue weighted by Gasteiger charge is -2.29. The first-order chi connectivity index (χ1) is 8.69. The molecule has 0 radical (unpaired) electrons. The lowest BCUT2D eigenvalue weighted by molar-refractivity contribution is 0.319. The largest absolute Gasteiger partial charge is 0.724 e. The summed E-state index contributed by atoms with van der Waals surface area (Å²) >= 11 is 0. The summed E-state index contributed by atoms with van der Waals surface area (Å²) in [7, 11) is 1.55. The molecule has 2 aromatic carbocycles. The van der Waals surface area contributed by atoms with Gasteiger partial charge in [0.15, 0.2) is 5.75 Å². The first-order valence-electron chi connectivity index (χ1n) is 5.55. The van der Waals surface area contributed by atoms with Crippen molar-refractivity contribution in [1.82, 2.24) is 0 Å². The monoisotopic (exact) mass is 244 g/mol. The van der Waals surface area contributed by atoms with Gasteiger partial charge in [-0.15, -0.1) is 0 Å². The van der Waals surface area contributed by atoms with Gasteiger partial charge in [-0.05, 0) is 31.2 Å². The van der Waals surface area contributed by atoms with E-state index in [4.69, 9.17) is 9.57 Å². The van der Waals surface area contributed by atoms with Crippen molar-refractivity contribution in [1.29, 1.82) is 0 Å². The van der Waals surface area contributed by atoms with E-state index in [1.807, 2.05) is 19.1 Å². The van der Waals surface area contributed by atoms with E-state index >= 15 is 0 Å². The van der Waals surface area contributed by atoms with Gasteiger partial charge in [-0.2, -0.15) is 0 Å². The van der Waals surface area contributed by atoms with E-state index < -0.39 is 0 Å². The molecular formula is C14H14NO3-. The van der Waals surface area contributed by atoms with Crippen molar-refractivity contribution in [2.45, 2.75) is 6.92 Å². The molecule has 2 rings (SSSR count). The van der Waals surface area contributed by atoms with Crippen molar-refractivity contribution in [3.63, 3.8) is 0 Å². The third kappa shape index (κ3) is 2.93. The second-order valence-electron chi connectivity index (χ2n) is 3.86. The molecule has 0 N–H and O–H groups in total. The molecule has 0 unspecified atom stereocenters. The molecule has 2 aromatic rings. The van der Waals surface area contributed by atoms with Crippen LogP contribution >= 0.6 is 0 Å². The van der Waals surface area contributed by atoms with Gasteiger partial charge in [0.1, 0.15) is 5.75 Å². The normalized spacial score (nSPS) is 9.94. The molecule has 0 saturated carbocycles. The zero-order valence-corrected chi connectivity index (χ0v) is 10.3. The summed E-state index contributed by atoms with van der Waals surface area (Å²) in [5, 5.41) is 12.3. The highest BCUT2D eigenvalue weighted by molar-refractivity contribution is 5.50. The zero-order chi connectivity index (χ0) is 13.0. The van der Waals surface area contributed by atoms with Gasteiger partial charge in [-0.25, -0.2) is 0 Å². The highest BCUT2D eigenvalue weighted by Gasteiger charge is 2.00. The van der Waals surface area contributed by atoms with Gasteiger partial charge in [0.2, 0.25) is 0 Å². The first kappa shape index (κ1) is 12.3. The highest BCUT2D eigenvalue weighted by atomic mass is 16.9. The molecule has 0 amide bonds. The molecule has 0 saturated heterocycles. The van der Waals surface area contributed by atoms with Crippen LogP contribution < -0.4 is 14.8 Å². The number of ether oxygens (including phenoxy) is 1. The first-order valence-corrected chi connectivity index (χ1v) is 5.55. The van der Waals surface area contributed by atoms with Gasteiger partial charge in [0.25, 0.3) is 0 Å². The Hall–Kier alpha value is -2.20. The summed E-state index contributed by atoms with van der Waals surface area (Å²) in [6.45, 7) is 1.97. The van der Waals surface area contributed by atoms with Crippen LogP contribution in [0, 0.1) is 12.1 Å². The van der Waals surface area contributed by atoms with Gasteiger partial charge in [-0.3, -0.25) is 5.23 Å². The van der Waals surface area contributed by atoms with Crippen molar-refractivity contribution in [2.75, 3.05) is 12.3 Å². The summed E-state index contributed by atoms with van der Waals surface area (Å²) in [5.41, 5.74) is 1.50. The smallest absolute Gasteiger partial charge is 0.154 e. The molecule has 18 heavy (non-hydrogen) atoms. The van der Waals surface area contributed by atoms with Crippen LogP contribution in [0.1, 0.15) is 5.56 Å².